The molecule has 1 aromatic rings. The van der Waals surface area contributed by atoms with Crippen molar-refractivity contribution in [1.82, 2.24) is 0 Å². The van der Waals surface area contributed by atoms with Gasteiger partial charge in [-0.15, -0.1) is 0 Å². The molecule has 0 spiro atoms. The fourth-order valence-electron chi connectivity index (χ4n) is 1.46. The number of halogens is 2. The molecule has 1 aromatic carbocycles. The third-order valence-electron chi connectivity index (χ3n) is 2.40. The molecule has 102 valence electrons. The van der Waals surface area contributed by atoms with Crippen LogP contribution in [0.4, 0.5) is 0 Å². The molecule has 0 aliphatic rings. The minimum atomic E-state index is -0.794. The van der Waals surface area contributed by atoms with Crippen LogP contribution in [0.3, 0.4) is 0 Å². The molecule has 0 aromatic heterocycles. The largest absolute Gasteiger partial charge is 0.495 e. The SMILES string of the molecule is COC(=O)[C@H](Br)[C@H](N=[N+]=[N-])c1ccc(OC)c(Cl)c1. The summed E-state index contributed by atoms with van der Waals surface area (Å²) in [6.45, 7) is 0. The standard InChI is InChI=1S/C11H11BrClN3O3/c1-18-8-4-3-6(5-7(8)13)10(15-16-14)9(12)11(17)19-2/h3-5,9-10H,1-2H3/t9-,10-/m1/s1. The van der Waals surface area contributed by atoms with E-state index in [1.807, 2.05) is 0 Å². The summed E-state index contributed by atoms with van der Waals surface area (Å²) < 4.78 is 9.64. The van der Waals surface area contributed by atoms with E-state index in [4.69, 9.17) is 21.9 Å². The summed E-state index contributed by atoms with van der Waals surface area (Å²) in [5.74, 6) is -0.0429. The van der Waals surface area contributed by atoms with Gasteiger partial charge in [-0.2, -0.15) is 0 Å². The van der Waals surface area contributed by atoms with Crippen LogP contribution in [-0.2, 0) is 9.53 Å². The summed E-state index contributed by atoms with van der Waals surface area (Å²) in [6.07, 6.45) is 0. The van der Waals surface area contributed by atoms with Crippen molar-refractivity contribution in [2.75, 3.05) is 14.2 Å². The number of methoxy groups -OCH3 is 2. The van der Waals surface area contributed by atoms with Gasteiger partial charge in [-0.1, -0.05) is 38.7 Å². The molecule has 0 aliphatic heterocycles. The van der Waals surface area contributed by atoms with E-state index >= 15 is 0 Å². The first-order valence-corrected chi connectivity index (χ1v) is 6.44. The molecule has 0 heterocycles. The molecule has 0 amide bonds. The van der Waals surface area contributed by atoms with Crippen LogP contribution in [0.25, 0.3) is 10.4 Å². The van der Waals surface area contributed by atoms with Crippen molar-refractivity contribution in [3.8, 4) is 5.75 Å². The molecule has 6 nitrogen and oxygen atoms in total. The summed E-state index contributed by atoms with van der Waals surface area (Å²) in [6, 6.07) is 4.12. The van der Waals surface area contributed by atoms with Gasteiger partial charge in [0, 0.05) is 4.91 Å². The first-order chi connectivity index (χ1) is 9.04. The van der Waals surface area contributed by atoms with Crippen molar-refractivity contribution < 1.29 is 14.3 Å². The van der Waals surface area contributed by atoms with Crippen LogP contribution in [0.5, 0.6) is 5.75 Å². The Balaban J connectivity index is 3.16. The van der Waals surface area contributed by atoms with E-state index in [-0.39, 0.29) is 0 Å². The minimum absolute atomic E-state index is 0.364. The average molecular weight is 349 g/mol. The van der Waals surface area contributed by atoms with E-state index in [0.29, 0.717) is 16.3 Å². The number of carbonyl (C=O) groups excluding carboxylic acids is 1. The van der Waals surface area contributed by atoms with E-state index < -0.39 is 16.8 Å². The Bertz CT molecular complexity index is 520. The normalized spacial score (nSPS) is 13.1. The maximum Gasteiger partial charge on any atom is 0.320 e. The fourth-order valence-corrected chi connectivity index (χ4v) is 2.32. The van der Waals surface area contributed by atoms with Crippen molar-refractivity contribution in [2.45, 2.75) is 10.9 Å². The van der Waals surface area contributed by atoms with E-state index in [2.05, 4.69) is 30.7 Å². The van der Waals surface area contributed by atoms with Gasteiger partial charge in [0.15, 0.2) is 0 Å². The molecular weight excluding hydrogens is 337 g/mol. The van der Waals surface area contributed by atoms with Crippen LogP contribution < -0.4 is 4.74 Å². The Hall–Kier alpha value is -1.43. The van der Waals surface area contributed by atoms with E-state index in [1.165, 1.54) is 14.2 Å². The fraction of sp³-hybridized carbons (Fsp3) is 0.364. The number of carbonyl (C=O) groups is 1. The summed E-state index contributed by atoms with van der Waals surface area (Å²) in [7, 11) is 2.75. The Kier molecular flexibility index (Phi) is 5.95. The molecule has 0 N–H and O–H groups in total. The molecule has 1 rings (SSSR count). The lowest BCUT2D eigenvalue weighted by atomic mass is 10.0. The predicted octanol–water partition coefficient (Wildman–Crippen LogP) is 3.64. The summed E-state index contributed by atoms with van der Waals surface area (Å²) in [4.78, 5) is 13.4. The number of alkyl halides is 1. The van der Waals surface area contributed by atoms with Crippen LogP contribution in [-0.4, -0.2) is 25.0 Å². The number of hydrogen-bond acceptors (Lipinski definition) is 4. The van der Waals surface area contributed by atoms with Gasteiger partial charge < -0.3 is 9.47 Å². The number of rotatable bonds is 5. The van der Waals surface area contributed by atoms with Crippen LogP contribution in [0, 0.1) is 0 Å². The van der Waals surface area contributed by atoms with Crippen molar-refractivity contribution in [2.24, 2.45) is 5.11 Å². The second-order valence-electron chi connectivity index (χ2n) is 3.47. The molecule has 2 atom stereocenters. The number of esters is 1. The number of azide groups is 1. The second kappa shape index (κ2) is 7.23. The van der Waals surface area contributed by atoms with Crippen molar-refractivity contribution in [3.05, 3.63) is 39.2 Å². The number of benzene rings is 1. The van der Waals surface area contributed by atoms with Crippen molar-refractivity contribution in [1.29, 1.82) is 0 Å². The third kappa shape index (κ3) is 3.76. The summed E-state index contributed by atoms with van der Waals surface area (Å²) in [5, 5.41) is 3.96. The minimum Gasteiger partial charge on any atom is -0.495 e. The van der Waals surface area contributed by atoms with Gasteiger partial charge in [0.1, 0.15) is 10.6 Å². The number of hydrogen-bond donors (Lipinski definition) is 0. The highest BCUT2D eigenvalue weighted by Crippen LogP contribution is 2.33. The molecule has 0 fully saturated rings. The topological polar surface area (TPSA) is 84.3 Å². The third-order valence-corrected chi connectivity index (χ3v) is 3.57. The molecule has 8 heteroatoms. The van der Waals surface area contributed by atoms with Gasteiger partial charge in [0.25, 0.3) is 0 Å². The van der Waals surface area contributed by atoms with E-state index in [0.717, 1.165) is 0 Å². The van der Waals surface area contributed by atoms with Gasteiger partial charge in [-0.3, -0.25) is 4.79 Å². The second-order valence-corrected chi connectivity index (χ2v) is 4.86. The zero-order valence-corrected chi connectivity index (χ0v) is 12.6. The first kappa shape index (κ1) is 15.6. The Labute approximate surface area is 123 Å². The van der Waals surface area contributed by atoms with Gasteiger partial charge >= 0.3 is 5.97 Å². The highest BCUT2D eigenvalue weighted by molar-refractivity contribution is 9.10. The van der Waals surface area contributed by atoms with Crippen molar-refractivity contribution in [3.63, 3.8) is 0 Å². The molecule has 19 heavy (non-hydrogen) atoms. The van der Waals surface area contributed by atoms with Crippen LogP contribution in [0.2, 0.25) is 5.02 Å². The average Bonchev–Trinajstić information content (AvgIpc) is 2.43. The highest BCUT2D eigenvalue weighted by Gasteiger charge is 2.27. The first-order valence-electron chi connectivity index (χ1n) is 5.14. The Morgan fingerprint density at radius 2 is 2.21 bits per heavy atom. The summed E-state index contributed by atoms with van der Waals surface area (Å²) in [5.41, 5.74) is 9.18. The molecule has 0 saturated heterocycles. The maximum absolute atomic E-state index is 11.5. The molecular formula is C11H11BrClN3O3. The quantitative estimate of drug-likeness (QED) is 0.268. The maximum atomic E-state index is 11.5. The molecule has 0 unspecified atom stereocenters. The van der Waals surface area contributed by atoms with Crippen LogP contribution in [0.15, 0.2) is 23.3 Å². The van der Waals surface area contributed by atoms with Gasteiger partial charge in [0.2, 0.25) is 0 Å². The lowest BCUT2D eigenvalue weighted by Gasteiger charge is -2.17. The van der Waals surface area contributed by atoms with Crippen LogP contribution >= 0.6 is 27.5 Å². The molecule has 0 bridgehead atoms. The Morgan fingerprint density at radius 3 is 2.68 bits per heavy atom. The monoisotopic (exact) mass is 347 g/mol. The number of ether oxygens (including phenoxy) is 2. The zero-order chi connectivity index (χ0) is 14.4. The lowest BCUT2D eigenvalue weighted by Crippen LogP contribution is -2.22. The molecule has 0 saturated carbocycles. The van der Waals surface area contributed by atoms with E-state index in [1.54, 1.807) is 18.2 Å². The Morgan fingerprint density at radius 1 is 1.53 bits per heavy atom. The van der Waals surface area contributed by atoms with Crippen molar-refractivity contribution >= 4 is 33.5 Å². The smallest absolute Gasteiger partial charge is 0.320 e. The van der Waals surface area contributed by atoms with Crippen LogP contribution in [0.1, 0.15) is 11.6 Å². The van der Waals surface area contributed by atoms with Gasteiger partial charge in [0.05, 0.1) is 25.3 Å². The number of nitrogens with zero attached hydrogens (tertiary/aromatic N) is 3. The lowest BCUT2D eigenvalue weighted by molar-refractivity contribution is -0.140. The molecule has 0 aliphatic carbocycles. The highest BCUT2D eigenvalue weighted by atomic mass is 79.9. The summed E-state index contributed by atoms with van der Waals surface area (Å²) >= 11 is 9.15. The van der Waals surface area contributed by atoms with Gasteiger partial charge in [-0.25, -0.2) is 0 Å². The zero-order valence-electron chi connectivity index (χ0n) is 10.2. The van der Waals surface area contributed by atoms with E-state index in [9.17, 15) is 4.79 Å². The molecule has 0 radical (unpaired) electrons. The predicted molar refractivity (Wildman–Crippen MR) is 74.6 cm³/mol. The van der Waals surface area contributed by atoms with Gasteiger partial charge in [-0.05, 0) is 23.2 Å².